The number of nitrogens with zero attached hydrogens (tertiary/aromatic N) is 2. The maximum absolute atomic E-state index is 12.9. The summed E-state index contributed by atoms with van der Waals surface area (Å²) in [5, 5.41) is 5.95. The summed E-state index contributed by atoms with van der Waals surface area (Å²) in [5.74, 6) is -1.24. The van der Waals surface area contributed by atoms with Crippen molar-refractivity contribution >= 4 is 39.8 Å². The number of aliphatic imine (C=N–C) groups is 1. The molecule has 3 aromatic rings. The zero-order chi connectivity index (χ0) is 27.4. The summed E-state index contributed by atoms with van der Waals surface area (Å²) in [5.41, 5.74) is 4.42. The first-order valence-electron chi connectivity index (χ1n) is 11.8. The Balaban J connectivity index is 1.74. The third kappa shape index (κ3) is 5.12. The zero-order valence-electron chi connectivity index (χ0n) is 22.0. The molecule has 0 saturated heterocycles. The Kier molecular flexibility index (Phi) is 8.11. The van der Waals surface area contributed by atoms with Crippen molar-refractivity contribution in [2.45, 2.75) is 19.8 Å². The van der Waals surface area contributed by atoms with Crippen molar-refractivity contribution in [1.29, 1.82) is 0 Å². The van der Waals surface area contributed by atoms with Gasteiger partial charge in [0.15, 0.2) is 16.6 Å². The highest BCUT2D eigenvalue weighted by atomic mass is 32.1. The van der Waals surface area contributed by atoms with Crippen LogP contribution in [0.3, 0.4) is 0 Å². The van der Waals surface area contributed by atoms with Crippen molar-refractivity contribution < 1.29 is 28.5 Å². The molecule has 2 atom stereocenters. The van der Waals surface area contributed by atoms with Gasteiger partial charge in [-0.1, -0.05) is 18.2 Å². The quantitative estimate of drug-likeness (QED) is 0.384. The van der Waals surface area contributed by atoms with Crippen LogP contribution in [0, 0.1) is 5.92 Å². The predicted molar refractivity (Wildman–Crippen MR) is 146 cm³/mol. The molecule has 0 bridgehead atoms. The van der Waals surface area contributed by atoms with Gasteiger partial charge in [0.2, 0.25) is 0 Å². The predicted octanol–water partition coefficient (Wildman–Crippen LogP) is 5.37. The molecule has 0 spiro atoms. The molecule has 2 heterocycles. The van der Waals surface area contributed by atoms with Gasteiger partial charge >= 0.3 is 11.9 Å². The van der Waals surface area contributed by atoms with Gasteiger partial charge in [-0.15, -0.1) is 11.3 Å². The molecular formula is C28H29N3O6S. The molecule has 0 saturated carbocycles. The van der Waals surface area contributed by atoms with Crippen molar-refractivity contribution in [2.24, 2.45) is 10.9 Å². The number of methoxy groups -OCH3 is 4. The minimum Gasteiger partial charge on any atom is -0.493 e. The van der Waals surface area contributed by atoms with Gasteiger partial charge < -0.3 is 24.3 Å². The summed E-state index contributed by atoms with van der Waals surface area (Å²) in [7, 11) is 5.82. The minimum absolute atomic E-state index is 0.313. The van der Waals surface area contributed by atoms with E-state index in [1.807, 2.05) is 47.8 Å². The molecule has 0 aliphatic carbocycles. The van der Waals surface area contributed by atoms with E-state index in [1.54, 1.807) is 28.1 Å². The van der Waals surface area contributed by atoms with Gasteiger partial charge in [0.05, 0.1) is 39.7 Å². The first-order chi connectivity index (χ1) is 18.3. The highest BCUT2D eigenvalue weighted by molar-refractivity contribution is 7.14. The van der Waals surface area contributed by atoms with E-state index in [2.05, 4.69) is 10.3 Å². The number of anilines is 2. The Bertz CT molecular complexity index is 1430. The number of benzene rings is 2. The summed E-state index contributed by atoms with van der Waals surface area (Å²) in [6.45, 7) is 3.50. The molecule has 0 amide bonds. The van der Waals surface area contributed by atoms with E-state index in [-0.39, 0.29) is 0 Å². The Labute approximate surface area is 225 Å². The average molecular weight is 536 g/mol. The van der Waals surface area contributed by atoms with Crippen molar-refractivity contribution in [3.05, 3.63) is 64.7 Å². The monoisotopic (exact) mass is 535 g/mol. The summed E-state index contributed by atoms with van der Waals surface area (Å²) in [4.78, 5) is 35.1. The molecule has 0 fully saturated rings. The van der Waals surface area contributed by atoms with Gasteiger partial charge in [-0.05, 0) is 43.7 Å². The van der Waals surface area contributed by atoms with Crippen LogP contribution in [-0.4, -0.2) is 51.1 Å². The number of esters is 2. The number of ether oxygens (including phenoxy) is 4. The number of thiazole rings is 1. The normalized spacial score (nSPS) is 16.9. The molecule has 2 aromatic carbocycles. The van der Waals surface area contributed by atoms with Gasteiger partial charge in [0, 0.05) is 34.0 Å². The number of carbonyl (C=O) groups excluding carboxylic acids is 2. The summed E-state index contributed by atoms with van der Waals surface area (Å²) in [6, 6.07) is 13.1. The Morgan fingerprint density at radius 1 is 0.947 bits per heavy atom. The molecule has 38 heavy (non-hydrogen) atoms. The van der Waals surface area contributed by atoms with E-state index in [0.29, 0.717) is 39.3 Å². The number of para-hydroxylation sites is 1. The number of rotatable bonds is 8. The van der Waals surface area contributed by atoms with Crippen LogP contribution in [0.5, 0.6) is 11.5 Å². The molecule has 1 aliphatic rings. The van der Waals surface area contributed by atoms with Crippen molar-refractivity contribution in [2.75, 3.05) is 33.8 Å². The molecular weight excluding hydrogens is 506 g/mol. The second kappa shape index (κ2) is 11.5. The minimum atomic E-state index is -0.792. The van der Waals surface area contributed by atoms with Gasteiger partial charge in [-0.3, -0.25) is 9.79 Å². The summed E-state index contributed by atoms with van der Waals surface area (Å²) in [6.07, 6.45) is 0. The third-order valence-corrected chi connectivity index (χ3v) is 7.17. The van der Waals surface area contributed by atoms with E-state index < -0.39 is 23.8 Å². The topological polar surface area (TPSA) is 108 Å². The zero-order valence-corrected chi connectivity index (χ0v) is 22.8. The molecule has 9 nitrogen and oxygen atoms in total. The molecule has 1 aliphatic heterocycles. The van der Waals surface area contributed by atoms with Crippen LogP contribution in [0.15, 0.2) is 64.1 Å². The Hall–Kier alpha value is -4.18. The van der Waals surface area contributed by atoms with Crippen molar-refractivity contribution in [1.82, 2.24) is 4.98 Å². The fourth-order valence-corrected chi connectivity index (χ4v) is 5.37. The number of nitrogens with one attached hydrogen (secondary N) is 1. The van der Waals surface area contributed by atoms with E-state index in [9.17, 15) is 9.59 Å². The van der Waals surface area contributed by atoms with Crippen LogP contribution < -0.4 is 14.8 Å². The molecule has 4 rings (SSSR count). The van der Waals surface area contributed by atoms with Crippen LogP contribution in [-0.2, 0) is 19.1 Å². The lowest BCUT2D eigenvalue weighted by Crippen LogP contribution is -2.36. The smallest absolute Gasteiger partial charge is 0.336 e. The SMILES string of the molecule is COC(=O)C1=C(C)N=C(C)C(C(=O)OC)C1c1ccccc1Nc1nc(-c2ccc(OC)c(OC)c2)cs1. The van der Waals surface area contributed by atoms with Crippen LogP contribution in [0.25, 0.3) is 11.3 Å². The first kappa shape index (κ1) is 26.9. The average Bonchev–Trinajstić information content (AvgIpc) is 3.40. The number of hydrogen-bond acceptors (Lipinski definition) is 10. The standard InChI is InChI=1S/C28H29N3O6S/c1-15-23(26(32)36-5)25(24(16(2)29-15)27(33)37-6)18-9-7-8-10-19(18)30-28-31-20(14-38-28)17-11-12-21(34-3)22(13-17)35-4/h7-14,23,25H,1-6H3,(H,30,31). The largest absolute Gasteiger partial charge is 0.493 e. The van der Waals surface area contributed by atoms with E-state index in [4.69, 9.17) is 23.9 Å². The Morgan fingerprint density at radius 3 is 2.37 bits per heavy atom. The van der Waals surface area contributed by atoms with Crippen LogP contribution in [0.4, 0.5) is 10.8 Å². The van der Waals surface area contributed by atoms with Gasteiger partial charge in [-0.2, -0.15) is 0 Å². The molecule has 198 valence electrons. The van der Waals surface area contributed by atoms with Gasteiger partial charge in [0.1, 0.15) is 5.92 Å². The van der Waals surface area contributed by atoms with Crippen molar-refractivity contribution in [3.8, 4) is 22.8 Å². The maximum atomic E-state index is 12.9. The van der Waals surface area contributed by atoms with Crippen LogP contribution >= 0.6 is 11.3 Å². The van der Waals surface area contributed by atoms with Gasteiger partial charge in [-0.25, -0.2) is 9.78 Å². The van der Waals surface area contributed by atoms with E-state index in [0.717, 1.165) is 16.8 Å². The highest BCUT2D eigenvalue weighted by Gasteiger charge is 2.43. The maximum Gasteiger partial charge on any atom is 0.336 e. The lowest BCUT2D eigenvalue weighted by molar-refractivity contribution is -0.143. The summed E-state index contributed by atoms with van der Waals surface area (Å²) >= 11 is 1.43. The molecule has 1 aromatic heterocycles. The lowest BCUT2D eigenvalue weighted by Gasteiger charge is -2.32. The van der Waals surface area contributed by atoms with E-state index in [1.165, 1.54) is 25.6 Å². The van der Waals surface area contributed by atoms with Crippen LogP contribution in [0.2, 0.25) is 0 Å². The lowest BCUT2D eigenvalue weighted by atomic mass is 9.75. The fraction of sp³-hybridized carbons (Fsp3) is 0.286. The second-order valence-electron chi connectivity index (χ2n) is 8.54. The highest BCUT2D eigenvalue weighted by Crippen LogP contribution is 2.43. The number of allylic oxidation sites excluding steroid dienone is 1. The van der Waals surface area contributed by atoms with Crippen molar-refractivity contribution in [3.63, 3.8) is 0 Å². The number of hydrogen-bond donors (Lipinski definition) is 1. The second-order valence-corrected chi connectivity index (χ2v) is 9.40. The Morgan fingerprint density at radius 2 is 1.68 bits per heavy atom. The fourth-order valence-electron chi connectivity index (χ4n) is 4.64. The number of carbonyl (C=O) groups is 2. The summed E-state index contributed by atoms with van der Waals surface area (Å²) < 4.78 is 21.0. The molecule has 10 heteroatoms. The van der Waals surface area contributed by atoms with Gasteiger partial charge in [0.25, 0.3) is 0 Å². The van der Waals surface area contributed by atoms with Crippen LogP contribution in [0.1, 0.15) is 25.3 Å². The molecule has 2 unspecified atom stereocenters. The number of aromatic nitrogens is 1. The first-order valence-corrected chi connectivity index (χ1v) is 12.7. The van der Waals surface area contributed by atoms with E-state index >= 15 is 0 Å². The molecule has 0 radical (unpaired) electrons. The third-order valence-electron chi connectivity index (χ3n) is 6.41. The molecule has 1 N–H and O–H groups in total.